The summed E-state index contributed by atoms with van der Waals surface area (Å²) in [6.07, 6.45) is 8.54. The molecule has 3 heteroatoms. The lowest BCUT2D eigenvalue weighted by Gasteiger charge is -2.26. The number of hydrogen-bond acceptors (Lipinski definition) is 1. The van der Waals surface area contributed by atoms with Crippen LogP contribution < -0.4 is 4.40 Å². The number of rotatable bonds is 0. The van der Waals surface area contributed by atoms with Gasteiger partial charge in [-0.2, -0.15) is 4.40 Å². The molecular formula is C30H40N3+. The lowest BCUT2D eigenvalue weighted by Crippen LogP contribution is -2.26. The molecule has 1 fully saturated rings. The van der Waals surface area contributed by atoms with Crippen molar-refractivity contribution in [2.24, 2.45) is 0 Å². The van der Waals surface area contributed by atoms with Crippen molar-refractivity contribution in [2.45, 2.75) is 104 Å². The number of imidazole rings is 1. The van der Waals surface area contributed by atoms with Crippen molar-refractivity contribution < 1.29 is 4.40 Å². The van der Waals surface area contributed by atoms with Crippen molar-refractivity contribution >= 4 is 27.5 Å². The number of nitrogens with zero attached hydrogens (tertiary/aromatic N) is 3. The summed E-state index contributed by atoms with van der Waals surface area (Å²) >= 11 is 0. The van der Waals surface area contributed by atoms with Gasteiger partial charge in [0.25, 0.3) is 5.65 Å². The van der Waals surface area contributed by atoms with Gasteiger partial charge in [0.2, 0.25) is 0 Å². The van der Waals surface area contributed by atoms with Gasteiger partial charge in [0.15, 0.2) is 11.0 Å². The first-order valence-corrected chi connectivity index (χ1v) is 13.1. The maximum atomic E-state index is 4.90. The molecule has 0 amide bonds. The smallest absolute Gasteiger partial charge is 0.256 e. The molecule has 3 aliphatic rings. The zero-order chi connectivity index (χ0) is 23.9. The standard InChI is InChI=1S/C26H28N3.2C2H6/c1-25(2,3)20-12-18-19(13-27-20)29-24-22-16(8-9-28(18)24)11-17-14-6-7-15(10-14)21(17)23(22)26(29,4)5;2*1-2/h8-9,11-15H,6-7,10H2,1-5H3;2*1-2H3/q+1;;. The molecule has 1 saturated carbocycles. The number of pyridine rings is 2. The lowest BCUT2D eigenvalue weighted by molar-refractivity contribution is -0.480. The molecule has 3 nitrogen and oxygen atoms in total. The molecule has 7 rings (SSSR count). The van der Waals surface area contributed by atoms with E-state index in [2.05, 4.69) is 74.2 Å². The normalized spacial score (nSPS) is 21.4. The summed E-state index contributed by atoms with van der Waals surface area (Å²) in [6.45, 7) is 19.6. The van der Waals surface area contributed by atoms with Crippen molar-refractivity contribution in [3.8, 4) is 0 Å². The van der Waals surface area contributed by atoms with E-state index in [1.165, 1.54) is 46.7 Å². The van der Waals surface area contributed by atoms with Crippen LogP contribution in [0.4, 0.5) is 0 Å². The molecule has 0 saturated heterocycles. The predicted molar refractivity (Wildman–Crippen MR) is 140 cm³/mol. The molecule has 4 aromatic rings. The number of aromatic nitrogens is 3. The quantitative estimate of drug-likeness (QED) is 0.255. The number of fused-ring (bicyclic) bond motifs is 9. The first-order chi connectivity index (χ1) is 15.8. The van der Waals surface area contributed by atoms with Crippen LogP contribution in [0.1, 0.15) is 116 Å². The minimum absolute atomic E-state index is 0.0459. The van der Waals surface area contributed by atoms with Crippen LogP contribution in [-0.4, -0.2) is 9.55 Å². The van der Waals surface area contributed by atoms with Crippen molar-refractivity contribution in [3.63, 3.8) is 0 Å². The van der Waals surface area contributed by atoms with Gasteiger partial charge in [-0.25, -0.2) is 4.57 Å². The van der Waals surface area contributed by atoms with E-state index in [-0.39, 0.29) is 11.0 Å². The first kappa shape index (κ1) is 22.4. The average Bonchev–Trinajstić information content (AvgIpc) is 3.55. The minimum atomic E-state index is -0.0459. The van der Waals surface area contributed by atoms with Crippen LogP contribution in [0, 0.1) is 0 Å². The van der Waals surface area contributed by atoms with Crippen LogP contribution in [-0.2, 0) is 11.0 Å². The molecule has 2 atom stereocenters. The van der Waals surface area contributed by atoms with Gasteiger partial charge >= 0.3 is 0 Å². The van der Waals surface area contributed by atoms with E-state index in [0.717, 1.165) is 17.5 Å². The maximum absolute atomic E-state index is 4.90. The summed E-state index contributed by atoms with van der Waals surface area (Å²) in [7, 11) is 0. The Morgan fingerprint density at radius 2 is 1.73 bits per heavy atom. The second kappa shape index (κ2) is 7.29. The first-order valence-electron chi connectivity index (χ1n) is 13.1. The molecule has 0 N–H and O–H groups in total. The fourth-order valence-electron chi connectivity index (χ4n) is 6.82. The number of benzene rings is 1. The third kappa shape index (κ3) is 2.74. The minimum Gasteiger partial charge on any atom is -0.256 e. The predicted octanol–water partition coefficient (Wildman–Crippen LogP) is 7.74. The Balaban J connectivity index is 0.000000544. The SMILES string of the molecule is CC.CC.CC(C)(C)c1cc2c(cn1)n1c3c4c(c5c(cc4cc[n+]23)C2CCC5C2)C1(C)C. The van der Waals surface area contributed by atoms with Gasteiger partial charge in [-0.1, -0.05) is 54.5 Å². The third-order valence-electron chi connectivity index (χ3n) is 8.08. The van der Waals surface area contributed by atoms with E-state index in [1.807, 2.05) is 27.7 Å². The van der Waals surface area contributed by atoms with Crippen molar-refractivity contribution in [1.29, 1.82) is 0 Å². The summed E-state index contributed by atoms with van der Waals surface area (Å²) in [4.78, 5) is 4.90. The molecule has 1 aliphatic heterocycles. The molecule has 0 radical (unpaired) electrons. The van der Waals surface area contributed by atoms with Crippen molar-refractivity contribution in [3.05, 3.63) is 53.0 Å². The zero-order valence-corrected chi connectivity index (χ0v) is 22.0. The summed E-state index contributed by atoms with van der Waals surface area (Å²) in [5.74, 6) is 1.57. The van der Waals surface area contributed by atoms with Gasteiger partial charge in [0.1, 0.15) is 5.54 Å². The Labute approximate surface area is 198 Å². The van der Waals surface area contributed by atoms with Gasteiger partial charge in [-0.05, 0) is 67.5 Å². The van der Waals surface area contributed by atoms with Crippen LogP contribution in [0.2, 0.25) is 0 Å². The van der Waals surface area contributed by atoms with Gasteiger partial charge in [-0.3, -0.25) is 4.98 Å². The highest BCUT2D eigenvalue weighted by atomic mass is 15.2. The Kier molecular flexibility index (Phi) is 4.94. The van der Waals surface area contributed by atoms with Gasteiger partial charge < -0.3 is 0 Å². The highest BCUT2D eigenvalue weighted by Crippen LogP contribution is 2.59. The zero-order valence-electron chi connectivity index (χ0n) is 22.0. The fraction of sp³-hybridized carbons (Fsp3) is 0.533. The highest BCUT2D eigenvalue weighted by molar-refractivity contribution is 6.02. The van der Waals surface area contributed by atoms with E-state index >= 15 is 0 Å². The van der Waals surface area contributed by atoms with E-state index in [4.69, 9.17) is 4.98 Å². The molecule has 4 heterocycles. The van der Waals surface area contributed by atoms with Crippen LogP contribution >= 0.6 is 0 Å². The molecule has 1 aromatic carbocycles. The van der Waals surface area contributed by atoms with Crippen molar-refractivity contribution in [2.75, 3.05) is 0 Å². The molecule has 174 valence electrons. The van der Waals surface area contributed by atoms with Gasteiger partial charge in [-0.15, -0.1) is 0 Å². The van der Waals surface area contributed by atoms with Crippen LogP contribution in [0.3, 0.4) is 0 Å². The summed E-state index contributed by atoms with van der Waals surface area (Å²) in [6, 6.07) is 7.18. The third-order valence-corrected chi connectivity index (χ3v) is 8.08. The topological polar surface area (TPSA) is 21.9 Å². The van der Waals surface area contributed by atoms with Gasteiger partial charge in [0, 0.05) is 17.0 Å². The monoisotopic (exact) mass is 442 g/mol. The molecule has 2 unspecified atom stereocenters. The van der Waals surface area contributed by atoms with Crippen LogP contribution in [0.25, 0.3) is 27.5 Å². The Morgan fingerprint density at radius 3 is 2.42 bits per heavy atom. The second-order valence-corrected chi connectivity index (χ2v) is 11.1. The van der Waals surface area contributed by atoms with Crippen LogP contribution in [0.5, 0.6) is 0 Å². The summed E-state index contributed by atoms with van der Waals surface area (Å²) < 4.78 is 5.00. The van der Waals surface area contributed by atoms with E-state index in [9.17, 15) is 0 Å². The van der Waals surface area contributed by atoms with Gasteiger partial charge in [0.05, 0.1) is 23.5 Å². The second-order valence-electron chi connectivity index (χ2n) is 11.1. The highest BCUT2D eigenvalue weighted by Gasteiger charge is 2.49. The van der Waals surface area contributed by atoms with Crippen LogP contribution in [0.15, 0.2) is 30.6 Å². The average molecular weight is 443 g/mol. The maximum Gasteiger partial charge on any atom is 0.296 e. The lowest BCUT2D eigenvalue weighted by atomic mass is 9.80. The Morgan fingerprint density at radius 1 is 1.03 bits per heavy atom. The molecule has 2 aliphatic carbocycles. The molecule has 2 bridgehead atoms. The summed E-state index contributed by atoms with van der Waals surface area (Å²) in [5, 5.41) is 2.90. The van der Waals surface area contributed by atoms with E-state index < -0.39 is 0 Å². The Hall–Kier alpha value is -2.42. The molecule has 0 spiro atoms. The van der Waals surface area contributed by atoms with E-state index in [1.54, 1.807) is 16.7 Å². The molecule has 3 aromatic heterocycles. The molecular weight excluding hydrogens is 402 g/mol. The van der Waals surface area contributed by atoms with Crippen molar-refractivity contribution in [1.82, 2.24) is 9.55 Å². The van der Waals surface area contributed by atoms with E-state index in [0.29, 0.717) is 0 Å². The molecule has 33 heavy (non-hydrogen) atoms. The fourth-order valence-corrected chi connectivity index (χ4v) is 6.82. The Bertz CT molecular complexity index is 1400. The number of hydrogen-bond donors (Lipinski definition) is 0. The summed E-state index contributed by atoms with van der Waals surface area (Å²) in [5.41, 5.74) is 10.0. The largest absolute Gasteiger partial charge is 0.296 e.